The van der Waals surface area contributed by atoms with Crippen molar-refractivity contribution < 1.29 is 9.84 Å². The molecule has 2 aromatic heterocycles. The summed E-state index contributed by atoms with van der Waals surface area (Å²) in [5.74, 6) is 0.746. The molecule has 2 aromatic carbocycles. The minimum Gasteiger partial charge on any atom is -0.491 e. The first kappa shape index (κ1) is 18.3. The summed E-state index contributed by atoms with van der Waals surface area (Å²) in [5, 5.41) is 15.7. The van der Waals surface area contributed by atoms with E-state index in [0.717, 1.165) is 28.1 Å². The summed E-state index contributed by atoms with van der Waals surface area (Å²) in [5.41, 5.74) is 4.19. The van der Waals surface area contributed by atoms with Crippen molar-refractivity contribution in [2.75, 3.05) is 6.61 Å². The molecule has 0 fully saturated rings. The number of aromatic nitrogens is 3. The standard InChI is InChI=1S/C22H23N3O3/c1-14-8-9-15(2)20(10-14)28-13-17(26)12-24-21-11-16(3)23-25(21)19-7-5-4-6-18(19)22(24)27/h4-11,17,26H,12-13H2,1-3H3. The third-order valence-corrected chi connectivity index (χ3v) is 4.87. The van der Waals surface area contributed by atoms with Gasteiger partial charge in [0, 0.05) is 6.07 Å². The predicted molar refractivity (Wildman–Crippen MR) is 109 cm³/mol. The third-order valence-electron chi connectivity index (χ3n) is 4.87. The molecule has 6 nitrogen and oxygen atoms in total. The number of aryl methyl sites for hydroxylation is 3. The van der Waals surface area contributed by atoms with Crippen LogP contribution in [0.4, 0.5) is 0 Å². The van der Waals surface area contributed by atoms with Crippen LogP contribution in [0.1, 0.15) is 16.8 Å². The molecular formula is C22H23N3O3. The van der Waals surface area contributed by atoms with E-state index >= 15 is 0 Å². The maximum atomic E-state index is 13.0. The van der Waals surface area contributed by atoms with Crippen LogP contribution in [0, 0.1) is 20.8 Å². The summed E-state index contributed by atoms with van der Waals surface area (Å²) >= 11 is 0. The molecule has 0 spiro atoms. The highest BCUT2D eigenvalue weighted by Gasteiger charge is 2.16. The molecule has 1 atom stereocenters. The molecule has 4 aromatic rings. The van der Waals surface area contributed by atoms with Crippen LogP contribution in [-0.4, -0.2) is 32.0 Å². The Balaban J connectivity index is 1.66. The lowest BCUT2D eigenvalue weighted by molar-refractivity contribution is 0.0922. The summed E-state index contributed by atoms with van der Waals surface area (Å²) < 4.78 is 9.13. The molecule has 0 amide bonds. The molecule has 0 aliphatic heterocycles. The molecule has 0 saturated carbocycles. The number of benzene rings is 2. The van der Waals surface area contributed by atoms with Crippen LogP contribution in [0.2, 0.25) is 0 Å². The van der Waals surface area contributed by atoms with E-state index in [1.807, 2.05) is 63.2 Å². The molecule has 6 heteroatoms. The number of aliphatic hydroxyl groups excluding tert-OH is 1. The van der Waals surface area contributed by atoms with Crippen LogP contribution in [0.25, 0.3) is 16.6 Å². The molecule has 144 valence electrons. The molecule has 2 heterocycles. The van der Waals surface area contributed by atoms with Crippen LogP contribution in [0.15, 0.2) is 53.3 Å². The topological polar surface area (TPSA) is 68.8 Å². The minimum absolute atomic E-state index is 0.100. The summed E-state index contributed by atoms with van der Waals surface area (Å²) in [7, 11) is 0. The van der Waals surface area contributed by atoms with Crippen LogP contribution in [-0.2, 0) is 6.54 Å². The van der Waals surface area contributed by atoms with Crippen molar-refractivity contribution in [2.45, 2.75) is 33.4 Å². The number of nitrogens with zero attached hydrogens (tertiary/aromatic N) is 3. The van der Waals surface area contributed by atoms with Gasteiger partial charge in [-0.25, -0.2) is 4.52 Å². The average molecular weight is 377 g/mol. The Morgan fingerprint density at radius 1 is 1.11 bits per heavy atom. The van der Waals surface area contributed by atoms with Crippen molar-refractivity contribution >= 4 is 16.6 Å². The number of rotatable bonds is 5. The lowest BCUT2D eigenvalue weighted by Crippen LogP contribution is -2.31. The fourth-order valence-corrected chi connectivity index (χ4v) is 3.43. The smallest absolute Gasteiger partial charge is 0.261 e. The van der Waals surface area contributed by atoms with Gasteiger partial charge in [0.1, 0.15) is 24.1 Å². The van der Waals surface area contributed by atoms with Gasteiger partial charge in [-0.3, -0.25) is 9.36 Å². The van der Waals surface area contributed by atoms with Gasteiger partial charge in [0.2, 0.25) is 0 Å². The van der Waals surface area contributed by atoms with Gasteiger partial charge in [-0.2, -0.15) is 5.10 Å². The number of para-hydroxylation sites is 1. The Morgan fingerprint density at radius 2 is 1.89 bits per heavy atom. The van der Waals surface area contributed by atoms with Crippen LogP contribution in [0.5, 0.6) is 5.75 Å². The SMILES string of the molecule is Cc1ccc(C)c(OCC(O)Cn2c(=O)c3ccccc3n3nc(C)cc23)c1. The first-order chi connectivity index (χ1) is 13.4. The molecule has 0 aliphatic rings. The van der Waals surface area contributed by atoms with Crippen LogP contribution < -0.4 is 10.3 Å². The summed E-state index contributed by atoms with van der Waals surface area (Å²) in [6.45, 7) is 6.08. The fraction of sp³-hybridized carbons (Fsp3) is 0.273. The van der Waals surface area contributed by atoms with Crippen LogP contribution >= 0.6 is 0 Å². The molecule has 4 rings (SSSR count). The Bertz CT molecular complexity index is 1220. The van der Waals surface area contributed by atoms with Gasteiger partial charge < -0.3 is 9.84 Å². The maximum Gasteiger partial charge on any atom is 0.261 e. The van der Waals surface area contributed by atoms with E-state index in [2.05, 4.69) is 5.10 Å². The zero-order valence-electron chi connectivity index (χ0n) is 16.2. The quantitative estimate of drug-likeness (QED) is 0.580. The summed E-state index contributed by atoms with van der Waals surface area (Å²) in [6.07, 6.45) is -0.835. The van der Waals surface area contributed by atoms with Gasteiger partial charge in [0.25, 0.3) is 5.56 Å². The highest BCUT2D eigenvalue weighted by atomic mass is 16.5. The molecule has 1 N–H and O–H groups in total. The molecule has 0 radical (unpaired) electrons. The first-order valence-electron chi connectivity index (χ1n) is 9.30. The Morgan fingerprint density at radius 3 is 2.71 bits per heavy atom. The Labute approximate surface area is 162 Å². The molecule has 0 saturated heterocycles. The van der Waals surface area contributed by atoms with E-state index in [1.165, 1.54) is 0 Å². The Kier molecular flexibility index (Phi) is 4.65. The van der Waals surface area contributed by atoms with E-state index in [9.17, 15) is 9.90 Å². The van der Waals surface area contributed by atoms with E-state index in [4.69, 9.17) is 4.74 Å². The monoisotopic (exact) mass is 377 g/mol. The summed E-state index contributed by atoms with van der Waals surface area (Å²) in [6, 6.07) is 15.2. The highest BCUT2D eigenvalue weighted by molar-refractivity contribution is 5.80. The predicted octanol–water partition coefficient (Wildman–Crippen LogP) is 3.01. The van der Waals surface area contributed by atoms with Crippen molar-refractivity contribution in [3.63, 3.8) is 0 Å². The number of hydrogen-bond acceptors (Lipinski definition) is 4. The number of aliphatic hydroxyl groups is 1. The zero-order chi connectivity index (χ0) is 19.8. The lowest BCUT2D eigenvalue weighted by Gasteiger charge is -2.17. The van der Waals surface area contributed by atoms with Gasteiger partial charge >= 0.3 is 0 Å². The maximum absolute atomic E-state index is 13.0. The second kappa shape index (κ2) is 7.13. The molecular weight excluding hydrogens is 354 g/mol. The third kappa shape index (κ3) is 3.27. The average Bonchev–Trinajstić information content (AvgIpc) is 3.07. The molecule has 0 bridgehead atoms. The van der Waals surface area contributed by atoms with Crippen molar-refractivity contribution in [1.82, 2.24) is 14.2 Å². The molecule has 1 unspecified atom stereocenters. The van der Waals surface area contributed by atoms with Gasteiger partial charge in [-0.05, 0) is 50.1 Å². The van der Waals surface area contributed by atoms with E-state index in [1.54, 1.807) is 15.1 Å². The van der Waals surface area contributed by atoms with E-state index < -0.39 is 6.10 Å². The lowest BCUT2D eigenvalue weighted by atomic mass is 10.1. The minimum atomic E-state index is -0.835. The van der Waals surface area contributed by atoms with Crippen molar-refractivity contribution in [3.05, 3.63) is 75.7 Å². The van der Waals surface area contributed by atoms with Gasteiger partial charge in [-0.15, -0.1) is 0 Å². The number of ether oxygens (including phenoxy) is 1. The Hall–Kier alpha value is -3.12. The number of fused-ring (bicyclic) bond motifs is 3. The fourth-order valence-electron chi connectivity index (χ4n) is 3.43. The molecule has 28 heavy (non-hydrogen) atoms. The summed E-state index contributed by atoms with van der Waals surface area (Å²) in [4.78, 5) is 13.0. The van der Waals surface area contributed by atoms with Crippen LogP contribution in [0.3, 0.4) is 0 Å². The zero-order valence-corrected chi connectivity index (χ0v) is 16.2. The van der Waals surface area contributed by atoms with Crippen molar-refractivity contribution in [3.8, 4) is 5.75 Å². The second-order valence-corrected chi connectivity index (χ2v) is 7.22. The van der Waals surface area contributed by atoms with Gasteiger partial charge in [-0.1, -0.05) is 24.3 Å². The molecule has 0 aliphatic carbocycles. The highest BCUT2D eigenvalue weighted by Crippen LogP contribution is 2.20. The van der Waals surface area contributed by atoms with Gasteiger partial charge in [0.15, 0.2) is 0 Å². The second-order valence-electron chi connectivity index (χ2n) is 7.22. The van der Waals surface area contributed by atoms with Gasteiger partial charge in [0.05, 0.1) is 23.1 Å². The largest absolute Gasteiger partial charge is 0.491 e. The normalized spacial score (nSPS) is 12.6. The number of hydrogen-bond donors (Lipinski definition) is 1. The van der Waals surface area contributed by atoms with Crippen molar-refractivity contribution in [2.24, 2.45) is 0 Å². The first-order valence-corrected chi connectivity index (χ1v) is 9.30. The van der Waals surface area contributed by atoms with E-state index in [0.29, 0.717) is 11.0 Å². The van der Waals surface area contributed by atoms with Crippen molar-refractivity contribution in [1.29, 1.82) is 0 Å². The van der Waals surface area contributed by atoms with E-state index in [-0.39, 0.29) is 18.7 Å².